The van der Waals surface area contributed by atoms with Crippen LogP contribution in [0.5, 0.6) is 0 Å². The summed E-state index contributed by atoms with van der Waals surface area (Å²) in [6.07, 6.45) is 1.21. The Kier molecular flexibility index (Phi) is 11.5. The van der Waals surface area contributed by atoms with Gasteiger partial charge in [-0.3, -0.25) is 9.59 Å². The first-order valence-electron chi connectivity index (χ1n) is 11.7. The van der Waals surface area contributed by atoms with Gasteiger partial charge in [0.15, 0.2) is 0 Å². The Morgan fingerprint density at radius 2 is 1.64 bits per heavy atom. The van der Waals surface area contributed by atoms with E-state index in [2.05, 4.69) is 5.32 Å². The van der Waals surface area contributed by atoms with Crippen LogP contribution in [0.15, 0.2) is 72.8 Å². The Morgan fingerprint density at radius 3 is 2.33 bits per heavy atom. The molecule has 0 fully saturated rings. The molecule has 36 heavy (non-hydrogen) atoms. The van der Waals surface area contributed by atoms with Gasteiger partial charge in [0, 0.05) is 30.3 Å². The molecule has 1 unspecified atom stereocenters. The van der Waals surface area contributed by atoms with Crippen LogP contribution in [0, 0.1) is 0 Å². The third-order valence-electron chi connectivity index (χ3n) is 5.54. The van der Waals surface area contributed by atoms with Crippen molar-refractivity contribution in [2.45, 2.75) is 38.1 Å². The third kappa shape index (κ3) is 8.74. The number of hydrogen-bond acceptors (Lipinski definition) is 3. The summed E-state index contributed by atoms with van der Waals surface area (Å²) in [6.45, 7) is 2.78. The van der Waals surface area contributed by atoms with Crippen LogP contribution in [0.4, 0.5) is 0 Å². The highest BCUT2D eigenvalue weighted by Crippen LogP contribution is 2.25. The number of nitrogens with one attached hydrogen (secondary N) is 1. The number of hydrogen-bond donors (Lipinski definition) is 1. The summed E-state index contributed by atoms with van der Waals surface area (Å²) in [7, 11) is 0. The molecule has 4 nitrogen and oxygen atoms in total. The summed E-state index contributed by atoms with van der Waals surface area (Å²) in [5.74, 6) is 0.563. The van der Waals surface area contributed by atoms with Gasteiger partial charge in [0.05, 0.1) is 15.8 Å². The molecule has 190 valence electrons. The number of carbonyl (C=O) groups is 2. The molecule has 2 amide bonds. The van der Waals surface area contributed by atoms with Crippen molar-refractivity contribution in [1.82, 2.24) is 10.2 Å². The van der Waals surface area contributed by atoms with Crippen molar-refractivity contribution < 1.29 is 9.59 Å². The van der Waals surface area contributed by atoms with E-state index < -0.39 is 6.04 Å². The molecule has 0 saturated heterocycles. The lowest BCUT2D eigenvalue weighted by Gasteiger charge is -2.31. The quantitative estimate of drug-likeness (QED) is 0.257. The minimum Gasteiger partial charge on any atom is -0.354 e. The minimum atomic E-state index is -0.673. The van der Waals surface area contributed by atoms with Gasteiger partial charge in [-0.05, 0) is 47.4 Å². The predicted molar refractivity (Wildman–Crippen MR) is 152 cm³/mol. The average Bonchev–Trinajstić information content (AvgIpc) is 2.87. The summed E-state index contributed by atoms with van der Waals surface area (Å²) in [5.41, 5.74) is 2.82. The number of benzene rings is 3. The van der Waals surface area contributed by atoms with E-state index in [0.29, 0.717) is 33.8 Å². The lowest BCUT2D eigenvalue weighted by Crippen LogP contribution is -2.51. The van der Waals surface area contributed by atoms with Gasteiger partial charge in [0.2, 0.25) is 11.8 Å². The lowest BCUT2D eigenvalue weighted by atomic mass is 10.0. The molecule has 0 aliphatic heterocycles. The summed E-state index contributed by atoms with van der Waals surface area (Å²) in [6, 6.07) is 21.9. The molecular formula is C28H29Cl3N2O2S. The number of thioether (sulfide) groups is 1. The van der Waals surface area contributed by atoms with Gasteiger partial charge in [-0.15, -0.1) is 11.8 Å². The lowest BCUT2D eigenvalue weighted by molar-refractivity contribution is -0.139. The first kappa shape index (κ1) is 28.4. The minimum absolute atomic E-state index is 0.124. The summed E-state index contributed by atoms with van der Waals surface area (Å²) in [4.78, 5) is 28.6. The molecule has 0 aliphatic carbocycles. The van der Waals surface area contributed by atoms with Crippen molar-refractivity contribution >= 4 is 58.4 Å². The molecule has 1 atom stereocenters. The van der Waals surface area contributed by atoms with Crippen molar-refractivity contribution in [1.29, 1.82) is 0 Å². The van der Waals surface area contributed by atoms with Crippen LogP contribution in [-0.4, -0.2) is 35.1 Å². The smallest absolute Gasteiger partial charge is 0.243 e. The summed E-state index contributed by atoms with van der Waals surface area (Å²) < 4.78 is 0. The molecular weight excluding hydrogens is 535 g/mol. The van der Waals surface area contributed by atoms with Crippen molar-refractivity contribution in [2.24, 2.45) is 0 Å². The van der Waals surface area contributed by atoms with Crippen LogP contribution >= 0.6 is 46.6 Å². The average molecular weight is 564 g/mol. The Bertz CT molecular complexity index is 1160. The van der Waals surface area contributed by atoms with E-state index in [1.807, 2.05) is 67.6 Å². The number of carbonyl (C=O) groups excluding carboxylic acids is 2. The number of amides is 2. The van der Waals surface area contributed by atoms with E-state index in [1.165, 1.54) is 11.8 Å². The fraction of sp³-hybridized carbons (Fsp3) is 0.286. The largest absolute Gasteiger partial charge is 0.354 e. The fourth-order valence-electron chi connectivity index (χ4n) is 3.72. The maximum Gasteiger partial charge on any atom is 0.243 e. The molecule has 0 bridgehead atoms. The van der Waals surface area contributed by atoms with E-state index in [9.17, 15) is 9.59 Å². The Hall–Kier alpha value is -2.18. The van der Waals surface area contributed by atoms with Crippen molar-refractivity contribution in [3.05, 3.63) is 105 Å². The summed E-state index contributed by atoms with van der Waals surface area (Å²) in [5, 5.41) is 4.49. The highest BCUT2D eigenvalue weighted by Gasteiger charge is 2.30. The third-order valence-corrected chi connectivity index (χ3v) is 7.50. The van der Waals surface area contributed by atoms with E-state index in [-0.39, 0.29) is 24.1 Å². The molecule has 3 aromatic carbocycles. The second-order valence-electron chi connectivity index (χ2n) is 8.39. The molecule has 0 aromatic heterocycles. The van der Waals surface area contributed by atoms with Crippen molar-refractivity contribution in [2.75, 3.05) is 12.3 Å². The number of halogens is 3. The molecule has 0 spiro atoms. The second-order valence-corrected chi connectivity index (χ2v) is 10.6. The van der Waals surface area contributed by atoms with Gasteiger partial charge in [0.25, 0.3) is 0 Å². The first-order chi connectivity index (χ1) is 17.4. The fourth-order valence-corrected chi connectivity index (χ4v) is 5.11. The molecule has 0 radical (unpaired) electrons. The predicted octanol–water partition coefficient (Wildman–Crippen LogP) is 7.05. The standard InChI is InChI=1S/C28H29Cl3N2O2S/c1-2-13-32-28(35)26(16-20-7-4-3-5-8-20)33(17-21-11-12-24(30)25(31)15-21)27(34)19-36-18-22-9-6-10-23(29)14-22/h3-12,14-15,26H,2,13,16-19H2,1H3,(H,32,35). The molecule has 8 heteroatoms. The SMILES string of the molecule is CCCNC(=O)C(Cc1ccccc1)N(Cc1ccc(Cl)c(Cl)c1)C(=O)CSCc1cccc(Cl)c1. The highest BCUT2D eigenvalue weighted by atomic mass is 35.5. The van der Waals surface area contributed by atoms with E-state index >= 15 is 0 Å². The van der Waals surface area contributed by atoms with Gasteiger partial charge in [0.1, 0.15) is 6.04 Å². The zero-order valence-electron chi connectivity index (χ0n) is 20.1. The van der Waals surface area contributed by atoms with Crippen LogP contribution in [0.3, 0.4) is 0 Å². The van der Waals surface area contributed by atoms with Crippen LogP contribution in [-0.2, 0) is 28.3 Å². The Morgan fingerprint density at radius 1 is 0.889 bits per heavy atom. The highest BCUT2D eigenvalue weighted by molar-refractivity contribution is 7.99. The number of rotatable bonds is 12. The first-order valence-corrected chi connectivity index (χ1v) is 14.0. The normalized spacial score (nSPS) is 11.7. The van der Waals surface area contributed by atoms with Gasteiger partial charge in [-0.1, -0.05) is 90.3 Å². The maximum absolute atomic E-state index is 13.6. The summed E-state index contributed by atoms with van der Waals surface area (Å²) >= 11 is 19.9. The Balaban J connectivity index is 1.85. The van der Waals surface area contributed by atoms with Crippen molar-refractivity contribution in [3.8, 4) is 0 Å². The van der Waals surface area contributed by atoms with E-state index in [0.717, 1.165) is 23.1 Å². The second kappa shape index (κ2) is 14.5. The van der Waals surface area contributed by atoms with Crippen LogP contribution in [0.2, 0.25) is 15.1 Å². The molecule has 3 aromatic rings. The van der Waals surface area contributed by atoms with Gasteiger partial charge < -0.3 is 10.2 Å². The van der Waals surface area contributed by atoms with Crippen LogP contribution in [0.1, 0.15) is 30.0 Å². The van der Waals surface area contributed by atoms with E-state index in [1.54, 1.807) is 17.0 Å². The van der Waals surface area contributed by atoms with Gasteiger partial charge in [-0.25, -0.2) is 0 Å². The van der Waals surface area contributed by atoms with Crippen molar-refractivity contribution in [3.63, 3.8) is 0 Å². The van der Waals surface area contributed by atoms with Crippen LogP contribution in [0.25, 0.3) is 0 Å². The molecule has 3 rings (SSSR count). The van der Waals surface area contributed by atoms with Crippen LogP contribution < -0.4 is 5.32 Å². The maximum atomic E-state index is 13.6. The van der Waals surface area contributed by atoms with E-state index in [4.69, 9.17) is 34.8 Å². The Labute approximate surface area is 232 Å². The van der Waals surface area contributed by atoms with Gasteiger partial charge >= 0.3 is 0 Å². The number of nitrogens with zero attached hydrogens (tertiary/aromatic N) is 1. The molecule has 0 aliphatic rings. The molecule has 1 N–H and O–H groups in total. The zero-order valence-corrected chi connectivity index (χ0v) is 23.1. The monoisotopic (exact) mass is 562 g/mol. The molecule has 0 heterocycles. The topological polar surface area (TPSA) is 49.4 Å². The molecule has 0 saturated carbocycles. The van der Waals surface area contributed by atoms with Gasteiger partial charge in [-0.2, -0.15) is 0 Å². The zero-order chi connectivity index (χ0) is 25.9.